The van der Waals surface area contributed by atoms with Crippen molar-refractivity contribution in [2.75, 3.05) is 26.0 Å². The van der Waals surface area contributed by atoms with E-state index in [1.165, 1.54) is 28.2 Å². The lowest BCUT2D eigenvalue weighted by molar-refractivity contribution is -0.130. The summed E-state index contributed by atoms with van der Waals surface area (Å²) in [5.41, 5.74) is 2.71. The third kappa shape index (κ3) is 13.5. The summed E-state index contributed by atoms with van der Waals surface area (Å²) in [6.07, 6.45) is 5.06. The Kier molecular flexibility index (Phi) is 18.5. The Hall–Kier alpha value is -1.94. The third-order valence-corrected chi connectivity index (χ3v) is 6.01. The molecule has 32 heavy (non-hydrogen) atoms. The van der Waals surface area contributed by atoms with E-state index in [0.29, 0.717) is 6.42 Å². The normalized spacial score (nSPS) is 9.72. The maximum absolute atomic E-state index is 11.2. The van der Waals surface area contributed by atoms with Gasteiger partial charge in [0.2, 0.25) is 5.91 Å². The summed E-state index contributed by atoms with van der Waals surface area (Å²) in [5.74, 6) is 2.44. The van der Waals surface area contributed by atoms with Gasteiger partial charge >= 0.3 is 0 Å². The van der Waals surface area contributed by atoms with E-state index in [1.807, 2.05) is 47.9 Å². The van der Waals surface area contributed by atoms with E-state index in [9.17, 15) is 4.79 Å². The van der Waals surface area contributed by atoms with Crippen LogP contribution in [-0.4, -0.2) is 36.8 Å². The average molecular weight is 460 g/mol. The van der Waals surface area contributed by atoms with Crippen molar-refractivity contribution in [1.82, 2.24) is 4.90 Å². The van der Waals surface area contributed by atoms with Gasteiger partial charge in [0, 0.05) is 24.4 Å². The monoisotopic (exact) mass is 459 g/mol. The molecule has 2 aromatic rings. The number of methoxy groups -OCH3 is 1. The predicted molar refractivity (Wildman–Crippen MR) is 142 cm³/mol. The van der Waals surface area contributed by atoms with Crippen LogP contribution in [0.5, 0.6) is 5.75 Å². The zero-order valence-electron chi connectivity index (χ0n) is 21.4. The number of carbonyl (C=O) groups excluding carboxylic acids is 1. The van der Waals surface area contributed by atoms with E-state index < -0.39 is 0 Å². The average Bonchev–Trinajstić information content (AvgIpc) is 2.83. The second kappa shape index (κ2) is 19.7. The Bertz CT molecular complexity index is 713. The van der Waals surface area contributed by atoms with Crippen LogP contribution in [0.1, 0.15) is 71.4 Å². The van der Waals surface area contributed by atoms with Crippen LogP contribution >= 0.6 is 11.8 Å². The zero-order chi connectivity index (χ0) is 24.2. The van der Waals surface area contributed by atoms with Crippen LogP contribution in [0.4, 0.5) is 0 Å². The maximum Gasteiger partial charge on any atom is 0.222 e. The standard InChI is InChI=1S/C12H18OS.C9H19NO.C7H8/c1-4-8-14-12-7-6-11(13-3)9-10(12)5-2;1-4-7-10(8-5-2)9(11)6-3;1-7-5-3-2-4-6-7/h6-7,9H,4-5,8H2,1-3H3;4-8H2,1-3H3;2-6H,1H3. The van der Waals surface area contributed by atoms with Crippen LogP contribution in [0.25, 0.3) is 0 Å². The summed E-state index contributed by atoms with van der Waals surface area (Å²) in [4.78, 5) is 14.6. The molecular formula is C28H45NO2S. The van der Waals surface area contributed by atoms with Crippen molar-refractivity contribution < 1.29 is 9.53 Å². The molecule has 0 heterocycles. The molecule has 0 aliphatic heterocycles. The quantitative estimate of drug-likeness (QED) is 0.339. The van der Waals surface area contributed by atoms with Crippen molar-refractivity contribution in [2.45, 2.75) is 78.5 Å². The second-order valence-electron chi connectivity index (χ2n) is 7.56. The molecule has 0 aliphatic carbocycles. The number of rotatable bonds is 10. The van der Waals surface area contributed by atoms with Gasteiger partial charge < -0.3 is 9.64 Å². The number of amides is 1. The van der Waals surface area contributed by atoms with Gasteiger partial charge in [0.1, 0.15) is 5.75 Å². The van der Waals surface area contributed by atoms with E-state index in [0.717, 1.165) is 38.1 Å². The number of hydrogen-bond acceptors (Lipinski definition) is 3. The lowest BCUT2D eigenvalue weighted by atomic mass is 10.1. The topological polar surface area (TPSA) is 29.5 Å². The molecular weight excluding hydrogens is 414 g/mol. The molecule has 0 aliphatic rings. The lowest BCUT2D eigenvalue weighted by Crippen LogP contribution is -2.31. The molecule has 3 nitrogen and oxygen atoms in total. The first-order valence-electron chi connectivity index (χ1n) is 12.1. The molecule has 0 fully saturated rings. The first kappa shape index (κ1) is 30.1. The Morgan fingerprint density at radius 2 is 1.53 bits per heavy atom. The summed E-state index contributed by atoms with van der Waals surface area (Å²) in [6.45, 7) is 14.4. The maximum atomic E-state index is 11.2. The fourth-order valence-electron chi connectivity index (χ4n) is 2.97. The van der Waals surface area contributed by atoms with Gasteiger partial charge in [-0.3, -0.25) is 4.79 Å². The van der Waals surface area contributed by atoms with Crippen LogP contribution < -0.4 is 4.74 Å². The summed E-state index contributed by atoms with van der Waals surface area (Å²) < 4.78 is 5.21. The second-order valence-corrected chi connectivity index (χ2v) is 8.70. The number of nitrogens with zero attached hydrogens (tertiary/aromatic N) is 1. The highest BCUT2D eigenvalue weighted by Crippen LogP contribution is 2.27. The molecule has 0 spiro atoms. The van der Waals surface area contributed by atoms with Gasteiger partial charge in [0.05, 0.1) is 7.11 Å². The van der Waals surface area contributed by atoms with E-state index in [1.54, 1.807) is 7.11 Å². The Morgan fingerprint density at radius 3 is 1.94 bits per heavy atom. The largest absolute Gasteiger partial charge is 0.497 e. The number of ether oxygens (including phenoxy) is 1. The van der Waals surface area contributed by atoms with Crippen molar-refractivity contribution in [3.8, 4) is 5.75 Å². The van der Waals surface area contributed by atoms with Crippen molar-refractivity contribution in [3.05, 3.63) is 59.7 Å². The minimum absolute atomic E-state index is 0.286. The van der Waals surface area contributed by atoms with E-state index in [2.05, 4.69) is 58.9 Å². The van der Waals surface area contributed by atoms with Crippen LogP contribution in [0.15, 0.2) is 53.4 Å². The fraction of sp³-hybridized carbons (Fsp3) is 0.536. The number of aryl methyl sites for hydroxylation is 2. The van der Waals surface area contributed by atoms with E-state index in [4.69, 9.17) is 4.74 Å². The summed E-state index contributed by atoms with van der Waals surface area (Å²) in [6, 6.07) is 16.6. The fourth-order valence-corrected chi connectivity index (χ4v) is 3.95. The minimum Gasteiger partial charge on any atom is -0.497 e. The van der Waals surface area contributed by atoms with Gasteiger partial charge in [-0.15, -0.1) is 11.8 Å². The van der Waals surface area contributed by atoms with Crippen molar-refractivity contribution >= 4 is 17.7 Å². The molecule has 0 radical (unpaired) electrons. The van der Waals surface area contributed by atoms with Crippen LogP contribution in [0.2, 0.25) is 0 Å². The number of hydrogen-bond donors (Lipinski definition) is 0. The smallest absolute Gasteiger partial charge is 0.222 e. The SMILES string of the molecule is CCCN(CCC)C(=O)CC.CCCSc1ccc(OC)cc1CC.Cc1ccccc1. The Morgan fingerprint density at radius 1 is 0.906 bits per heavy atom. The number of thioether (sulfide) groups is 1. The molecule has 1 amide bonds. The van der Waals surface area contributed by atoms with Gasteiger partial charge in [0.15, 0.2) is 0 Å². The Labute approximate surface area is 201 Å². The third-order valence-electron chi connectivity index (χ3n) is 4.69. The first-order valence-corrected chi connectivity index (χ1v) is 13.0. The minimum atomic E-state index is 0.286. The molecule has 2 aromatic carbocycles. The van der Waals surface area contributed by atoms with Gasteiger partial charge in [-0.25, -0.2) is 0 Å². The summed E-state index contributed by atoms with van der Waals surface area (Å²) in [5, 5.41) is 0. The van der Waals surface area contributed by atoms with Gasteiger partial charge in [-0.1, -0.05) is 70.5 Å². The van der Waals surface area contributed by atoms with Crippen molar-refractivity contribution in [3.63, 3.8) is 0 Å². The number of benzene rings is 2. The molecule has 180 valence electrons. The van der Waals surface area contributed by atoms with E-state index in [-0.39, 0.29) is 5.91 Å². The molecule has 0 bridgehead atoms. The molecule has 0 saturated heterocycles. The van der Waals surface area contributed by atoms with Crippen molar-refractivity contribution in [2.24, 2.45) is 0 Å². The lowest BCUT2D eigenvalue weighted by Gasteiger charge is -2.20. The molecule has 4 heteroatoms. The molecule has 0 saturated carbocycles. The molecule has 0 N–H and O–H groups in total. The molecule has 2 rings (SSSR count). The highest BCUT2D eigenvalue weighted by atomic mass is 32.2. The van der Waals surface area contributed by atoms with Gasteiger partial charge in [-0.2, -0.15) is 0 Å². The number of carbonyl (C=O) groups is 1. The van der Waals surface area contributed by atoms with Crippen LogP contribution in [-0.2, 0) is 11.2 Å². The van der Waals surface area contributed by atoms with Gasteiger partial charge in [0.25, 0.3) is 0 Å². The Balaban J connectivity index is 0.000000476. The predicted octanol–water partition coefficient (Wildman–Crippen LogP) is 7.80. The van der Waals surface area contributed by atoms with Gasteiger partial charge in [-0.05, 0) is 62.1 Å². The molecule has 0 aromatic heterocycles. The van der Waals surface area contributed by atoms with Crippen LogP contribution in [0, 0.1) is 6.92 Å². The van der Waals surface area contributed by atoms with Crippen molar-refractivity contribution in [1.29, 1.82) is 0 Å². The highest BCUT2D eigenvalue weighted by Gasteiger charge is 2.07. The highest BCUT2D eigenvalue weighted by molar-refractivity contribution is 7.99. The first-order chi connectivity index (χ1) is 15.5. The summed E-state index contributed by atoms with van der Waals surface area (Å²) in [7, 11) is 1.72. The molecule has 0 unspecified atom stereocenters. The van der Waals surface area contributed by atoms with Crippen LogP contribution in [0.3, 0.4) is 0 Å². The molecule has 0 atom stereocenters. The zero-order valence-corrected chi connectivity index (χ0v) is 22.3. The summed E-state index contributed by atoms with van der Waals surface area (Å²) >= 11 is 1.94. The van der Waals surface area contributed by atoms with E-state index >= 15 is 0 Å².